The van der Waals surface area contributed by atoms with Crippen molar-refractivity contribution >= 4 is 0 Å². The van der Waals surface area contributed by atoms with Crippen LogP contribution in [0.1, 0.15) is 47.0 Å². The van der Waals surface area contributed by atoms with E-state index in [0.29, 0.717) is 5.92 Å². The van der Waals surface area contributed by atoms with Crippen LogP contribution >= 0.6 is 0 Å². The molecule has 0 aromatic carbocycles. The summed E-state index contributed by atoms with van der Waals surface area (Å²) in [6, 6.07) is 0. The maximum atomic E-state index is 5.41. The Morgan fingerprint density at radius 1 is 0.875 bits per heavy atom. The number of hydrogen-bond acceptors (Lipinski definition) is 2. The molecule has 0 saturated carbocycles. The van der Waals surface area contributed by atoms with E-state index in [4.69, 9.17) is 9.47 Å². The molecule has 0 spiro atoms. The van der Waals surface area contributed by atoms with Crippen LogP contribution in [-0.4, -0.2) is 27.4 Å². The quantitative estimate of drug-likeness (QED) is 0.600. The first-order chi connectivity index (χ1) is 7.45. The van der Waals surface area contributed by atoms with Gasteiger partial charge in [-0.25, -0.2) is 0 Å². The highest BCUT2D eigenvalue weighted by atomic mass is 16.5. The van der Waals surface area contributed by atoms with E-state index in [1.807, 2.05) is 0 Å². The van der Waals surface area contributed by atoms with Crippen LogP contribution in [0.3, 0.4) is 0 Å². The minimum Gasteiger partial charge on any atom is -0.384 e. The van der Waals surface area contributed by atoms with Gasteiger partial charge in [0.15, 0.2) is 0 Å². The van der Waals surface area contributed by atoms with Gasteiger partial charge < -0.3 is 9.47 Å². The maximum absolute atomic E-state index is 5.41. The van der Waals surface area contributed by atoms with E-state index in [9.17, 15) is 0 Å². The van der Waals surface area contributed by atoms with Crippen molar-refractivity contribution < 1.29 is 9.47 Å². The average Bonchev–Trinajstić information content (AvgIpc) is 2.14. The number of rotatable bonds is 9. The van der Waals surface area contributed by atoms with Crippen molar-refractivity contribution in [3.63, 3.8) is 0 Å². The van der Waals surface area contributed by atoms with Gasteiger partial charge in [-0.15, -0.1) is 0 Å². The lowest BCUT2D eigenvalue weighted by molar-refractivity contribution is -0.0119. The van der Waals surface area contributed by atoms with Crippen molar-refractivity contribution in [1.29, 1.82) is 0 Å². The molecule has 0 N–H and O–H groups in total. The van der Waals surface area contributed by atoms with Gasteiger partial charge in [0, 0.05) is 19.6 Å². The predicted octanol–water partition coefficient (Wildman–Crippen LogP) is 3.75. The zero-order valence-electron chi connectivity index (χ0n) is 12.0. The van der Waals surface area contributed by atoms with Crippen LogP contribution < -0.4 is 0 Å². The molecule has 0 atom stereocenters. The molecule has 98 valence electrons. The molecule has 2 heteroatoms. The molecule has 0 unspecified atom stereocenters. The highest BCUT2D eigenvalue weighted by molar-refractivity contribution is 4.80. The third kappa shape index (κ3) is 6.49. The van der Waals surface area contributed by atoms with Gasteiger partial charge in [0.05, 0.1) is 13.2 Å². The van der Waals surface area contributed by atoms with Gasteiger partial charge in [0.25, 0.3) is 0 Å². The van der Waals surface area contributed by atoms with E-state index in [2.05, 4.69) is 27.7 Å². The number of hydrogen-bond donors (Lipinski definition) is 0. The summed E-state index contributed by atoms with van der Waals surface area (Å²) in [6.45, 7) is 10.7. The molecule has 2 nitrogen and oxygen atoms in total. The lowest BCUT2D eigenvalue weighted by Crippen LogP contribution is -2.33. The Labute approximate surface area is 102 Å². The van der Waals surface area contributed by atoms with Crippen LogP contribution in [0.25, 0.3) is 0 Å². The first kappa shape index (κ1) is 15.9. The van der Waals surface area contributed by atoms with Gasteiger partial charge in [-0.2, -0.15) is 0 Å². The Morgan fingerprint density at radius 3 is 1.69 bits per heavy atom. The SMILES string of the molecule is COCC(CCC(C)C)(COC)CC(C)C. The van der Waals surface area contributed by atoms with Gasteiger partial charge in [0.2, 0.25) is 0 Å². The monoisotopic (exact) mass is 230 g/mol. The molecule has 0 aliphatic heterocycles. The third-order valence-corrected chi connectivity index (χ3v) is 2.99. The van der Waals surface area contributed by atoms with E-state index >= 15 is 0 Å². The molecular formula is C14H30O2. The Bertz CT molecular complexity index is 158. The smallest absolute Gasteiger partial charge is 0.0540 e. The van der Waals surface area contributed by atoms with Crippen molar-refractivity contribution in [2.45, 2.75) is 47.0 Å². The summed E-state index contributed by atoms with van der Waals surface area (Å²) in [5.41, 5.74) is 0.210. The molecular weight excluding hydrogens is 200 g/mol. The van der Waals surface area contributed by atoms with Crippen molar-refractivity contribution in [2.75, 3.05) is 27.4 Å². The van der Waals surface area contributed by atoms with E-state index in [0.717, 1.165) is 19.1 Å². The van der Waals surface area contributed by atoms with E-state index in [-0.39, 0.29) is 5.41 Å². The second kappa shape index (κ2) is 8.08. The summed E-state index contributed by atoms with van der Waals surface area (Å²) in [5, 5.41) is 0. The Balaban J connectivity index is 4.49. The van der Waals surface area contributed by atoms with Crippen molar-refractivity contribution in [3.8, 4) is 0 Å². The van der Waals surface area contributed by atoms with Crippen LogP contribution in [0.5, 0.6) is 0 Å². The minimum atomic E-state index is 0.210. The topological polar surface area (TPSA) is 18.5 Å². The van der Waals surface area contributed by atoms with Crippen molar-refractivity contribution in [3.05, 3.63) is 0 Å². The summed E-state index contributed by atoms with van der Waals surface area (Å²) >= 11 is 0. The summed E-state index contributed by atoms with van der Waals surface area (Å²) in [5.74, 6) is 1.44. The zero-order valence-corrected chi connectivity index (χ0v) is 12.0. The number of methoxy groups -OCH3 is 2. The number of ether oxygens (including phenoxy) is 2. The molecule has 0 aromatic rings. The van der Waals surface area contributed by atoms with Crippen LogP contribution in [0.15, 0.2) is 0 Å². The second-order valence-corrected chi connectivity index (χ2v) is 5.90. The zero-order chi connectivity index (χ0) is 12.6. The summed E-state index contributed by atoms with van der Waals surface area (Å²) in [4.78, 5) is 0. The second-order valence-electron chi connectivity index (χ2n) is 5.90. The van der Waals surface area contributed by atoms with E-state index in [1.54, 1.807) is 14.2 Å². The summed E-state index contributed by atoms with van der Waals surface area (Å²) in [6.07, 6.45) is 3.63. The van der Waals surface area contributed by atoms with Crippen LogP contribution in [0.2, 0.25) is 0 Å². The highest BCUT2D eigenvalue weighted by Crippen LogP contribution is 2.34. The Hall–Kier alpha value is -0.0800. The highest BCUT2D eigenvalue weighted by Gasteiger charge is 2.31. The fourth-order valence-electron chi connectivity index (χ4n) is 2.48. The Kier molecular flexibility index (Phi) is 8.04. The Morgan fingerprint density at radius 2 is 1.38 bits per heavy atom. The molecule has 0 heterocycles. The fraction of sp³-hybridized carbons (Fsp3) is 1.00. The fourth-order valence-corrected chi connectivity index (χ4v) is 2.48. The molecule has 0 aliphatic rings. The van der Waals surface area contributed by atoms with Crippen LogP contribution in [0.4, 0.5) is 0 Å². The molecule has 0 aliphatic carbocycles. The lowest BCUT2D eigenvalue weighted by atomic mass is 9.76. The first-order valence-electron chi connectivity index (χ1n) is 6.43. The minimum absolute atomic E-state index is 0.210. The summed E-state index contributed by atoms with van der Waals surface area (Å²) < 4.78 is 10.8. The average molecular weight is 230 g/mol. The standard InChI is InChI=1S/C14H30O2/c1-12(2)7-8-14(10-15-5,11-16-6)9-13(3)4/h12-13H,7-11H2,1-6H3. The molecule has 16 heavy (non-hydrogen) atoms. The largest absolute Gasteiger partial charge is 0.384 e. The van der Waals surface area contributed by atoms with Crippen molar-refractivity contribution in [2.24, 2.45) is 17.3 Å². The van der Waals surface area contributed by atoms with Crippen LogP contribution in [0, 0.1) is 17.3 Å². The third-order valence-electron chi connectivity index (χ3n) is 2.99. The van der Waals surface area contributed by atoms with Crippen molar-refractivity contribution in [1.82, 2.24) is 0 Å². The van der Waals surface area contributed by atoms with Gasteiger partial charge >= 0.3 is 0 Å². The molecule has 0 radical (unpaired) electrons. The van der Waals surface area contributed by atoms with Crippen LogP contribution in [-0.2, 0) is 9.47 Å². The molecule has 0 saturated heterocycles. The maximum Gasteiger partial charge on any atom is 0.0540 e. The predicted molar refractivity (Wildman–Crippen MR) is 69.7 cm³/mol. The molecule has 0 aromatic heterocycles. The molecule has 0 rings (SSSR count). The molecule has 0 amide bonds. The first-order valence-corrected chi connectivity index (χ1v) is 6.43. The summed E-state index contributed by atoms with van der Waals surface area (Å²) in [7, 11) is 3.58. The van der Waals surface area contributed by atoms with Gasteiger partial charge in [-0.3, -0.25) is 0 Å². The lowest BCUT2D eigenvalue weighted by Gasteiger charge is -2.34. The van der Waals surface area contributed by atoms with E-state index in [1.165, 1.54) is 19.3 Å². The van der Waals surface area contributed by atoms with Gasteiger partial charge in [0.1, 0.15) is 0 Å². The van der Waals surface area contributed by atoms with Gasteiger partial charge in [-0.1, -0.05) is 34.1 Å². The molecule has 0 fully saturated rings. The normalized spacial score (nSPS) is 12.8. The molecule has 0 bridgehead atoms. The van der Waals surface area contributed by atoms with Gasteiger partial charge in [-0.05, 0) is 24.7 Å². The van der Waals surface area contributed by atoms with E-state index < -0.39 is 0 Å².